The molecule has 0 aliphatic carbocycles. The predicted molar refractivity (Wildman–Crippen MR) is 88.5 cm³/mol. The number of anilines is 1. The van der Waals surface area contributed by atoms with Crippen molar-refractivity contribution in [2.24, 2.45) is 0 Å². The van der Waals surface area contributed by atoms with E-state index in [-0.39, 0.29) is 17.1 Å². The molecule has 0 heterocycles. The van der Waals surface area contributed by atoms with Gasteiger partial charge in [-0.1, -0.05) is 51.1 Å². The molecule has 0 bridgehead atoms. The average Bonchev–Trinajstić information content (AvgIpc) is 2.45. The van der Waals surface area contributed by atoms with Crippen molar-refractivity contribution in [3.8, 4) is 0 Å². The zero-order valence-electron chi connectivity index (χ0n) is 13.3. The van der Waals surface area contributed by atoms with Crippen LogP contribution in [0.5, 0.6) is 0 Å². The molecule has 0 unspecified atom stereocenters. The highest BCUT2D eigenvalue weighted by molar-refractivity contribution is 5.90. The molecule has 2 aromatic carbocycles. The zero-order valence-corrected chi connectivity index (χ0v) is 13.3. The first kappa shape index (κ1) is 16.2. The summed E-state index contributed by atoms with van der Waals surface area (Å²) in [5.74, 6) is -0.457. The molecule has 2 nitrogen and oxygen atoms in total. The molecule has 0 aliphatic heterocycles. The third-order valence-corrected chi connectivity index (χ3v) is 3.57. The Morgan fingerprint density at radius 1 is 1.09 bits per heavy atom. The van der Waals surface area contributed by atoms with Gasteiger partial charge in [-0.2, -0.15) is 0 Å². The molecule has 0 radical (unpaired) electrons. The second-order valence-electron chi connectivity index (χ2n) is 6.51. The van der Waals surface area contributed by atoms with Crippen LogP contribution in [0.3, 0.4) is 0 Å². The van der Waals surface area contributed by atoms with E-state index in [2.05, 4.69) is 50.4 Å². The van der Waals surface area contributed by atoms with Crippen LogP contribution in [-0.2, 0) is 16.6 Å². The van der Waals surface area contributed by atoms with Crippen LogP contribution in [0.1, 0.15) is 38.3 Å². The Balaban J connectivity index is 1.88. The second kappa shape index (κ2) is 6.73. The third kappa shape index (κ3) is 4.69. The Labute approximate surface area is 131 Å². The van der Waals surface area contributed by atoms with Crippen LogP contribution < -0.4 is 5.32 Å². The van der Waals surface area contributed by atoms with Gasteiger partial charge in [0.1, 0.15) is 5.82 Å². The molecular weight excluding hydrogens is 277 g/mol. The van der Waals surface area contributed by atoms with Crippen molar-refractivity contribution < 1.29 is 9.18 Å². The summed E-state index contributed by atoms with van der Waals surface area (Å²) in [7, 11) is 0. The van der Waals surface area contributed by atoms with Crippen LogP contribution in [0, 0.1) is 5.82 Å². The first-order valence-corrected chi connectivity index (χ1v) is 7.49. The molecule has 2 rings (SSSR count). The SMILES string of the molecule is CC(C)(C)c1ccc(CCC(=O)Nc2cccc(F)c2)cc1. The number of carbonyl (C=O) groups excluding carboxylic acids is 1. The molecule has 0 saturated carbocycles. The van der Waals surface area contributed by atoms with Gasteiger partial charge in [0.05, 0.1) is 0 Å². The van der Waals surface area contributed by atoms with E-state index in [0.29, 0.717) is 18.5 Å². The summed E-state index contributed by atoms with van der Waals surface area (Å²) in [5.41, 5.74) is 3.03. The van der Waals surface area contributed by atoms with Crippen LogP contribution in [-0.4, -0.2) is 5.91 Å². The van der Waals surface area contributed by atoms with Crippen molar-refractivity contribution in [1.82, 2.24) is 0 Å². The number of hydrogen-bond donors (Lipinski definition) is 1. The van der Waals surface area contributed by atoms with E-state index in [1.54, 1.807) is 12.1 Å². The van der Waals surface area contributed by atoms with Crippen LogP contribution >= 0.6 is 0 Å². The van der Waals surface area contributed by atoms with Gasteiger partial charge >= 0.3 is 0 Å². The Bertz CT molecular complexity index is 641. The molecular formula is C19H22FNO. The topological polar surface area (TPSA) is 29.1 Å². The number of rotatable bonds is 4. The summed E-state index contributed by atoms with van der Waals surface area (Å²) in [6.07, 6.45) is 1.05. The largest absolute Gasteiger partial charge is 0.326 e. The van der Waals surface area contributed by atoms with Crippen molar-refractivity contribution in [2.75, 3.05) is 5.32 Å². The number of halogens is 1. The van der Waals surface area contributed by atoms with E-state index >= 15 is 0 Å². The maximum atomic E-state index is 13.1. The summed E-state index contributed by atoms with van der Waals surface area (Å²) in [5, 5.41) is 2.71. The maximum absolute atomic E-state index is 13.1. The minimum Gasteiger partial charge on any atom is -0.326 e. The molecule has 0 spiro atoms. The molecule has 0 saturated heterocycles. The molecule has 116 valence electrons. The number of hydrogen-bond acceptors (Lipinski definition) is 1. The summed E-state index contributed by atoms with van der Waals surface area (Å²) < 4.78 is 13.1. The highest BCUT2D eigenvalue weighted by Gasteiger charge is 2.13. The van der Waals surface area contributed by atoms with Crippen LogP contribution in [0.4, 0.5) is 10.1 Å². The molecule has 0 atom stereocenters. The normalized spacial score (nSPS) is 11.3. The van der Waals surface area contributed by atoms with Gasteiger partial charge in [0, 0.05) is 12.1 Å². The molecule has 1 N–H and O–H groups in total. The van der Waals surface area contributed by atoms with Gasteiger partial charge in [0.15, 0.2) is 0 Å². The molecule has 2 aromatic rings. The van der Waals surface area contributed by atoms with Crippen molar-refractivity contribution in [1.29, 1.82) is 0 Å². The van der Waals surface area contributed by atoms with E-state index in [4.69, 9.17) is 0 Å². The Kier molecular flexibility index (Phi) is 4.96. The van der Waals surface area contributed by atoms with E-state index in [0.717, 1.165) is 5.56 Å². The Hall–Kier alpha value is -2.16. The van der Waals surface area contributed by atoms with Gasteiger partial charge in [-0.05, 0) is 41.2 Å². The molecule has 0 fully saturated rings. The number of amides is 1. The van der Waals surface area contributed by atoms with E-state index in [9.17, 15) is 9.18 Å². The third-order valence-electron chi connectivity index (χ3n) is 3.57. The number of carbonyl (C=O) groups is 1. The number of aryl methyl sites for hydroxylation is 1. The van der Waals surface area contributed by atoms with Crippen molar-refractivity contribution >= 4 is 11.6 Å². The lowest BCUT2D eigenvalue weighted by Crippen LogP contribution is -2.13. The maximum Gasteiger partial charge on any atom is 0.224 e. The van der Waals surface area contributed by atoms with Gasteiger partial charge in [-0.25, -0.2) is 4.39 Å². The van der Waals surface area contributed by atoms with Crippen LogP contribution in [0.25, 0.3) is 0 Å². The van der Waals surface area contributed by atoms with Gasteiger partial charge in [0.25, 0.3) is 0 Å². The van der Waals surface area contributed by atoms with E-state index in [1.165, 1.54) is 17.7 Å². The minimum atomic E-state index is -0.351. The lowest BCUT2D eigenvalue weighted by Gasteiger charge is -2.19. The molecule has 0 aromatic heterocycles. The molecule has 22 heavy (non-hydrogen) atoms. The van der Waals surface area contributed by atoms with Gasteiger partial charge in [0.2, 0.25) is 5.91 Å². The van der Waals surface area contributed by atoms with Gasteiger partial charge in [-0.3, -0.25) is 4.79 Å². The lowest BCUT2D eigenvalue weighted by molar-refractivity contribution is -0.116. The summed E-state index contributed by atoms with van der Waals surface area (Å²) >= 11 is 0. The average molecular weight is 299 g/mol. The lowest BCUT2D eigenvalue weighted by atomic mass is 9.86. The smallest absolute Gasteiger partial charge is 0.224 e. The predicted octanol–water partition coefficient (Wildman–Crippen LogP) is 4.69. The highest BCUT2D eigenvalue weighted by atomic mass is 19.1. The minimum absolute atomic E-state index is 0.106. The van der Waals surface area contributed by atoms with Gasteiger partial charge in [-0.15, -0.1) is 0 Å². The van der Waals surface area contributed by atoms with Crippen molar-refractivity contribution in [2.45, 2.75) is 39.0 Å². The summed E-state index contributed by atoms with van der Waals surface area (Å²) in [4.78, 5) is 11.9. The van der Waals surface area contributed by atoms with Crippen molar-refractivity contribution in [3.63, 3.8) is 0 Å². The fraction of sp³-hybridized carbons (Fsp3) is 0.316. The second-order valence-corrected chi connectivity index (χ2v) is 6.51. The summed E-state index contributed by atoms with van der Waals surface area (Å²) in [6.45, 7) is 6.53. The summed E-state index contributed by atoms with van der Waals surface area (Å²) in [6, 6.07) is 14.3. The van der Waals surface area contributed by atoms with Crippen molar-refractivity contribution in [3.05, 3.63) is 65.5 Å². The fourth-order valence-corrected chi connectivity index (χ4v) is 2.22. The number of benzene rings is 2. The van der Waals surface area contributed by atoms with Gasteiger partial charge < -0.3 is 5.32 Å². The molecule has 0 aliphatic rings. The van der Waals surface area contributed by atoms with E-state index in [1.807, 2.05) is 0 Å². The van der Waals surface area contributed by atoms with Crippen LogP contribution in [0.2, 0.25) is 0 Å². The number of nitrogens with one attached hydrogen (secondary N) is 1. The molecule has 1 amide bonds. The monoisotopic (exact) mass is 299 g/mol. The quantitative estimate of drug-likeness (QED) is 0.871. The fourth-order valence-electron chi connectivity index (χ4n) is 2.22. The van der Waals surface area contributed by atoms with Crippen LogP contribution in [0.15, 0.2) is 48.5 Å². The first-order valence-electron chi connectivity index (χ1n) is 7.49. The Morgan fingerprint density at radius 3 is 2.36 bits per heavy atom. The first-order chi connectivity index (χ1) is 10.3. The zero-order chi connectivity index (χ0) is 16.2. The highest BCUT2D eigenvalue weighted by Crippen LogP contribution is 2.22. The Morgan fingerprint density at radius 2 is 1.77 bits per heavy atom. The van der Waals surface area contributed by atoms with E-state index < -0.39 is 0 Å². The standard InChI is InChI=1S/C19H22FNO/c1-19(2,3)15-10-7-14(8-11-15)9-12-18(22)21-17-6-4-5-16(20)13-17/h4-8,10-11,13H,9,12H2,1-3H3,(H,21,22). The molecule has 3 heteroatoms.